The molecular weight excluding hydrogens is 348 g/mol. The van der Waals surface area contributed by atoms with E-state index in [2.05, 4.69) is 10.00 Å². The summed E-state index contributed by atoms with van der Waals surface area (Å²) in [6.07, 6.45) is 5.24. The van der Waals surface area contributed by atoms with Crippen LogP contribution in [0, 0.1) is 6.92 Å². The van der Waals surface area contributed by atoms with Gasteiger partial charge in [-0.05, 0) is 57.5 Å². The summed E-state index contributed by atoms with van der Waals surface area (Å²) in [5.74, 6) is 0. The lowest BCUT2D eigenvalue weighted by molar-refractivity contribution is 0.226. The number of hydrogen-bond donors (Lipinski definition) is 0. The van der Waals surface area contributed by atoms with Crippen LogP contribution in [0.2, 0.25) is 0 Å². The van der Waals surface area contributed by atoms with Gasteiger partial charge in [0.05, 0.1) is 23.2 Å². The lowest BCUT2D eigenvalue weighted by Gasteiger charge is -2.34. The topological polar surface area (TPSA) is 58.4 Å². The van der Waals surface area contributed by atoms with Gasteiger partial charge in [0.25, 0.3) is 0 Å². The zero-order chi connectivity index (χ0) is 18.1. The van der Waals surface area contributed by atoms with Gasteiger partial charge in [0, 0.05) is 19.3 Å². The van der Waals surface area contributed by atoms with Crippen LogP contribution in [0.15, 0.2) is 41.4 Å². The molecule has 0 unspecified atom stereocenters. The SMILES string of the molecule is Cc1ccc(S(=O)(=O)N2Cc3ccnn3[C@@H](CCN3CCCC3)C2)cc1. The fourth-order valence-electron chi connectivity index (χ4n) is 3.95. The molecule has 0 radical (unpaired) electrons. The third kappa shape index (κ3) is 3.43. The molecule has 0 spiro atoms. The van der Waals surface area contributed by atoms with E-state index in [-0.39, 0.29) is 6.04 Å². The van der Waals surface area contributed by atoms with Gasteiger partial charge in [0.1, 0.15) is 0 Å². The first-order valence-corrected chi connectivity index (χ1v) is 10.8. The van der Waals surface area contributed by atoms with E-state index in [4.69, 9.17) is 0 Å². The summed E-state index contributed by atoms with van der Waals surface area (Å²) < 4.78 is 29.9. The van der Waals surface area contributed by atoms with Gasteiger partial charge in [-0.3, -0.25) is 4.68 Å². The van der Waals surface area contributed by atoms with Crippen molar-refractivity contribution in [3.63, 3.8) is 0 Å². The Morgan fingerprint density at radius 1 is 1.12 bits per heavy atom. The standard InChI is InChI=1S/C19H26N4O2S/c1-16-4-6-19(7-5-16)26(24,25)22-14-17-8-10-20-23(17)18(15-22)9-13-21-11-2-3-12-21/h4-8,10,18H,2-3,9,11-15H2,1H3/t18-/m0/s1. The molecule has 6 nitrogen and oxygen atoms in total. The zero-order valence-corrected chi connectivity index (χ0v) is 16.0. The van der Waals surface area contributed by atoms with Crippen LogP contribution in [0.1, 0.15) is 36.6 Å². The van der Waals surface area contributed by atoms with Crippen LogP contribution in [0.25, 0.3) is 0 Å². The second kappa shape index (κ2) is 7.13. The molecule has 0 saturated carbocycles. The van der Waals surface area contributed by atoms with Crippen molar-refractivity contribution in [1.29, 1.82) is 0 Å². The summed E-state index contributed by atoms with van der Waals surface area (Å²) in [5, 5.41) is 4.46. The first-order valence-electron chi connectivity index (χ1n) is 9.35. The molecule has 4 rings (SSSR count). The summed E-state index contributed by atoms with van der Waals surface area (Å²) >= 11 is 0. The minimum absolute atomic E-state index is 0.0922. The minimum atomic E-state index is -3.49. The van der Waals surface area contributed by atoms with E-state index in [0.29, 0.717) is 18.0 Å². The van der Waals surface area contributed by atoms with Crippen molar-refractivity contribution in [2.24, 2.45) is 0 Å². The number of rotatable bonds is 5. The predicted octanol–water partition coefficient (Wildman–Crippen LogP) is 2.42. The van der Waals surface area contributed by atoms with E-state index < -0.39 is 10.0 Å². The molecule has 3 heterocycles. The molecular formula is C19H26N4O2S. The molecule has 1 aromatic heterocycles. The van der Waals surface area contributed by atoms with Gasteiger partial charge in [-0.1, -0.05) is 17.7 Å². The van der Waals surface area contributed by atoms with Gasteiger partial charge in [0.2, 0.25) is 10.0 Å². The highest BCUT2D eigenvalue weighted by Crippen LogP contribution is 2.28. The Labute approximate surface area is 155 Å². The monoisotopic (exact) mass is 374 g/mol. The smallest absolute Gasteiger partial charge is 0.243 e. The average molecular weight is 375 g/mol. The molecule has 0 N–H and O–H groups in total. The first kappa shape index (κ1) is 17.7. The lowest BCUT2D eigenvalue weighted by Crippen LogP contribution is -2.42. The van der Waals surface area contributed by atoms with Gasteiger partial charge in [-0.15, -0.1) is 0 Å². The fraction of sp³-hybridized carbons (Fsp3) is 0.526. The van der Waals surface area contributed by atoms with Crippen molar-refractivity contribution >= 4 is 10.0 Å². The molecule has 1 atom stereocenters. The molecule has 2 aliphatic heterocycles. The predicted molar refractivity (Wildman–Crippen MR) is 100 cm³/mol. The van der Waals surface area contributed by atoms with Crippen molar-refractivity contribution in [3.05, 3.63) is 47.8 Å². The highest BCUT2D eigenvalue weighted by atomic mass is 32.2. The second-order valence-corrected chi connectivity index (χ2v) is 9.31. The Kier molecular flexibility index (Phi) is 4.86. The molecule has 1 saturated heterocycles. The Hall–Kier alpha value is -1.70. The van der Waals surface area contributed by atoms with E-state index >= 15 is 0 Å². The Balaban J connectivity index is 1.55. The Morgan fingerprint density at radius 2 is 1.85 bits per heavy atom. The molecule has 26 heavy (non-hydrogen) atoms. The molecule has 0 aliphatic carbocycles. The largest absolute Gasteiger partial charge is 0.303 e. The highest BCUT2D eigenvalue weighted by Gasteiger charge is 2.33. The number of fused-ring (bicyclic) bond motifs is 1. The molecule has 1 fully saturated rings. The molecule has 1 aromatic carbocycles. The summed E-state index contributed by atoms with van der Waals surface area (Å²) in [6, 6.07) is 9.14. The van der Waals surface area contributed by atoms with Gasteiger partial charge in [-0.25, -0.2) is 8.42 Å². The maximum absolute atomic E-state index is 13.1. The van der Waals surface area contributed by atoms with Crippen molar-refractivity contribution in [2.75, 3.05) is 26.2 Å². The number of aromatic nitrogens is 2. The molecule has 7 heteroatoms. The maximum Gasteiger partial charge on any atom is 0.243 e. The zero-order valence-electron chi connectivity index (χ0n) is 15.2. The van der Waals surface area contributed by atoms with Crippen LogP contribution in [-0.2, 0) is 16.6 Å². The first-order chi connectivity index (χ1) is 12.5. The molecule has 0 bridgehead atoms. The molecule has 140 valence electrons. The van der Waals surface area contributed by atoms with E-state index in [1.54, 1.807) is 22.6 Å². The second-order valence-electron chi connectivity index (χ2n) is 7.37. The van der Waals surface area contributed by atoms with Gasteiger partial charge >= 0.3 is 0 Å². The fourth-order valence-corrected chi connectivity index (χ4v) is 5.40. The minimum Gasteiger partial charge on any atom is -0.303 e. The number of likely N-dealkylation sites (tertiary alicyclic amines) is 1. The van der Waals surface area contributed by atoms with Crippen LogP contribution in [0.3, 0.4) is 0 Å². The summed E-state index contributed by atoms with van der Waals surface area (Å²) in [4.78, 5) is 2.84. The quantitative estimate of drug-likeness (QED) is 0.806. The normalized spacial score (nSPS) is 21.8. The molecule has 0 amide bonds. The van der Waals surface area contributed by atoms with E-state index in [9.17, 15) is 8.42 Å². The van der Waals surface area contributed by atoms with Crippen molar-refractivity contribution < 1.29 is 8.42 Å². The number of nitrogens with zero attached hydrogens (tertiary/aromatic N) is 4. The molecule has 2 aliphatic rings. The Bertz CT molecular complexity index is 854. The average Bonchev–Trinajstić information content (AvgIpc) is 3.31. The lowest BCUT2D eigenvalue weighted by atomic mass is 10.1. The van der Waals surface area contributed by atoms with Gasteiger partial charge in [-0.2, -0.15) is 9.40 Å². The molecule has 2 aromatic rings. The van der Waals surface area contributed by atoms with E-state index in [1.165, 1.54) is 12.8 Å². The summed E-state index contributed by atoms with van der Waals surface area (Å²) in [6.45, 7) is 6.15. The Morgan fingerprint density at radius 3 is 2.58 bits per heavy atom. The third-order valence-corrected chi connectivity index (χ3v) is 7.31. The maximum atomic E-state index is 13.1. The van der Waals surface area contributed by atoms with E-state index in [0.717, 1.165) is 37.3 Å². The van der Waals surface area contributed by atoms with Crippen LogP contribution in [0.4, 0.5) is 0 Å². The van der Waals surface area contributed by atoms with Crippen molar-refractivity contribution in [3.8, 4) is 0 Å². The third-order valence-electron chi connectivity index (χ3n) is 5.49. The van der Waals surface area contributed by atoms with Crippen LogP contribution in [0.5, 0.6) is 0 Å². The number of benzene rings is 1. The van der Waals surface area contributed by atoms with Crippen LogP contribution >= 0.6 is 0 Å². The van der Waals surface area contributed by atoms with Crippen molar-refractivity contribution in [1.82, 2.24) is 19.0 Å². The van der Waals surface area contributed by atoms with Crippen molar-refractivity contribution in [2.45, 2.75) is 43.7 Å². The van der Waals surface area contributed by atoms with Gasteiger partial charge < -0.3 is 4.90 Å². The van der Waals surface area contributed by atoms with Crippen LogP contribution < -0.4 is 0 Å². The number of sulfonamides is 1. The van der Waals surface area contributed by atoms with Gasteiger partial charge in [0.15, 0.2) is 0 Å². The number of aryl methyl sites for hydroxylation is 1. The summed E-state index contributed by atoms with van der Waals surface area (Å²) in [7, 11) is -3.49. The van der Waals surface area contributed by atoms with E-state index in [1.807, 2.05) is 29.8 Å². The van der Waals surface area contributed by atoms with Crippen LogP contribution in [-0.4, -0.2) is 53.6 Å². The summed E-state index contributed by atoms with van der Waals surface area (Å²) in [5.41, 5.74) is 2.03. The highest BCUT2D eigenvalue weighted by molar-refractivity contribution is 7.89. The number of hydrogen-bond acceptors (Lipinski definition) is 4.